The van der Waals surface area contributed by atoms with Crippen molar-refractivity contribution >= 4 is 17.6 Å². The molecule has 0 spiro atoms. The van der Waals surface area contributed by atoms with Crippen molar-refractivity contribution in [3.8, 4) is 11.5 Å². The van der Waals surface area contributed by atoms with Crippen LogP contribution in [0.4, 0.5) is 5.69 Å². The van der Waals surface area contributed by atoms with Crippen molar-refractivity contribution < 1.29 is 24.0 Å². The molecule has 0 bridgehead atoms. The van der Waals surface area contributed by atoms with Crippen molar-refractivity contribution in [3.63, 3.8) is 0 Å². The number of ether oxygens (including phenoxy) is 2. The Kier molecular flexibility index (Phi) is 7.49. The van der Waals surface area contributed by atoms with E-state index in [0.717, 1.165) is 25.7 Å². The van der Waals surface area contributed by atoms with E-state index in [1.807, 2.05) is 0 Å². The predicted octanol–water partition coefficient (Wildman–Crippen LogP) is 4.69. The molecule has 0 radical (unpaired) electrons. The smallest absolute Gasteiger partial charge is 0.343 e. The number of hydrogen-bond acceptors (Lipinski definition) is 6. The van der Waals surface area contributed by atoms with Crippen molar-refractivity contribution in [1.29, 1.82) is 0 Å². The summed E-state index contributed by atoms with van der Waals surface area (Å²) in [6.45, 7) is 2.09. The normalized spacial score (nSPS) is 10.3. The number of para-hydroxylation sites is 2. The van der Waals surface area contributed by atoms with Gasteiger partial charge < -0.3 is 9.47 Å². The Bertz CT molecular complexity index is 800. The first-order chi connectivity index (χ1) is 13.0. The van der Waals surface area contributed by atoms with Crippen molar-refractivity contribution in [2.45, 2.75) is 39.0 Å². The average Bonchev–Trinajstić information content (AvgIpc) is 2.67. The first-order valence-electron chi connectivity index (χ1n) is 8.77. The summed E-state index contributed by atoms with van der Waals surface area (Å²) in [6, 6.07) is 11.4. The molecule has 0 N–H and O–H groups in total. The molecule has 0 aliphatic rings. The van der Waals surface area contributed by atoms with E-state index < -0.39 is 10.9 Å². The fraction of sp³-hybridized carbons (Fsp3) is 0.300. The molecule has 0 heterocycles. The number of esters is 2. The van der Waals surface area contributed by atoms with Gasteiger partial charge in [0.15, 0.2) is 11.5 Å². The molecule has 0 fully saturated rings. The summed E-state index contributed by atoms with van der Waals surface area (Å²) in [7, 11) is 0. The highest BCUT2D eigenvalue weighted by molar-refractivity contribution is 5.91. The van der Waals surface area contributed by atoms with Gasteiger partial charge in [-0.05, 0) is 30.7 Å². The van der Waals surface area contributed by atoms with E-state index in [1.165, 1.54) is 30.3 Å². The fourth-order valence-corrected chi connectivity index (χ4v) is 2.37. The number of unbranched alkanes of at least 4 members (excludes halogenated alkanes) is 3. The summed E-state index contributed by atoms with van der Waals surface area (Å²) in [5, 5.41) is 10.7. The lowest BCUT2D eigenvalue weighted by atomic mass is 10.1. The average molecular weight is 371 g/mol. The van der Waals surface area contributed by atoms with Crippen molar-refractivity contribution in [2.24, 2.45) is 0 Å². The monoisotopic (exact) mass is 371 g/mol. The third kappa shape index (κ3) is 6.22. The molecule has 0 unspecified atom stereocenters. The summed E-state index contributed by atoms with van der Waals surface area (Å²) >= 11 is 0. The van der Waals surface area contributed by atoms with Crippen LogP contribution >= 0.6 is 0 Å². The third-order valence-electron chi connectivity index (χ3n) is 3.82. The number of carbonyl (C=O) groups excluding carboxylic acids is 2. The molecule has 0 aliphatic carbocycles. The molecule has 27 heavy (non-hydrogen) atoms. The minimum absolute atomic E-state index is 0.114. The lowest BCUT2D eigenvalue weighted by Crippen LogP contribution is -2.12. The number of nitrogens with zero attached hydrogens (tertiary/aromatic N) is 1. The van der Waals surface area contributed by atoms with Crippen LogP contribution in [0, 0.1) is 10.1 Å². The lowest BCUT2D eigenvalue weighted by Gasteiger charge is -2.10. The Morgan fingerprint density at radius 1 is 0.926 bits per heavy atom. The molecule has 0 aromatic heterocycles. The minimum Gasteiger partial charge on any atom is -0.423 e. The van der Waals surface area contributed by atoms with Crippen molar-refractivity contribution in [2.75, 3.05) is 0 Å². The Morgan fingerprint density at radius 2 is 1.56 bits per heavy atom. The number of carbonyl (C=O) groups is 2. The van der Waals surface area contributed by atoms with Crippen molar-refractivity contribution in [1.82, 2.24) is 0 Å². The zero-order chi connectivity index (χ0) is 19.6. The molecule has 2 rings (SSSR count). The summed E-state index contributed by atoms with van der Waals surface area (Å²) < 4.78 is 10.6. The van der Waals surface area contributed by atoms with Crippen LogP contribution in [-0.2, 0) is 4.79 Å². The van der Waals surface area contributed by atoms with Crippen LogP contribution in [0.1, 0.15) is 49.4 Å². The van der Waals surface area contributed by atoms with E-state index in [4.69, 9.17) is 9.47 Å². The van der Waals surface area contributed by atoms with E-state index in [9.17, 15) is 19.7 Å². The van der Waals surface area contributed by atoms with Gasteiger partial charge in [-0.25, -0.2) is 4.79 Å². The Labute approximate surface area is 157 Å². The maximum atomic E-state index is 12.2. The Hall–Kier alpha value is -3.22. The van der Waals surface area contributed by atoms with Gasteiger partial charge in [0.05, 0.1) is 10.5 Å². The summed E-state index contributed by atoms with van der Waals surface area (Å²) in [4.78, 5) is 34.3. The quantitative estimate of drug-likeness (QED) is 0.209. The number of hydrogen-bond donors (Lipinski definition) is 0. The molecule has 142 valence electrons. The molecule has 2 aromatic carbocycles. The van der Waals surface area contributed by atoms with Crippen LogP contribution in [0.3, 0.4) is 0 Å². The minimum atomic E-state index is -0.698. The van der Waals surface area contributed by atoms with Gasteiger partial charge in [-0.3, -0.25) is 14.9 Å². The standard InChI is InChI=1S/C20H21NO6/c1-2-3-4-5-10-19(22)26-17-8-6-7-9-18(17)27-20(23)15-11-13-16(14-12-15)21(24)25/h6-9,11-14H,2-5,10H2,1H3. The van der Waals surface area contributed by atoms with Crippen LogP contribution in [0.25, 0.3) is 0 Å². The van der Waals surface area contributed by atoms with Crippen LogP contribution in [0.15, 0.2) is 48.5 Å². The van der Waals surface area contributed by atoms with E-state index in [1.54, 1.807) is 18.2 Å². The highest BCUT2D eigenvalue weighted by atomic mass is 16.6. The zero-order valence-electron chi connectivity index (χ0n) is 15.1. The van der Waals surface area contributed by atoms with E-state index in [2.05, 4.69) is 6.92 Å². The summed E-state index contributed by atoms with van der Waals surface area (Å²) in [5.74, 6) is -0.808. The maximum Gasteiger partial charge on any atom is 0.343 e. The first-order valence-corrected chi connectivity index (χ1v) is 8.77. The fourth-order valence-electron chi connectivity index (χ4n) is 2.37. The van der Waals surface area contributed by atoms with Crippen LogP contribution in [-0.4, -0.2) is 16.9 Å². The lowest BCUT2D eigenvalue weighted by molar-refractivity contribution is -0.384. The molecule has 0 saturated carbocycles. The second-order valence-corrected chi connectivity index (χ2v) is 5.92. The van der Waals surface area contributed by atoms with Gasteiger partial charge >= 0.3 is 11.9 Å². The second kappa shape index (κ2) is 10.1. The van der Waals surface area contributed by atoms with Gasteiger partial charge in [-0.1, -0.05) is 38.3 Å². The molecule has 7 heteroatoms. The molecule has 0 saturated heterocycles. The summed E-state index contributed by atoms with van der Waals surface area (Å²) in [5.41, 5.74) is 0.0326. The topological polar surface area (TPSA) is 95.7 Å². The highest BCUT2D eigenvalue weighted by Crippen LogP contribution is 2.28. The van der Waals surface area contributed by atoms with Crippen LogP contribution in [0.2, 0.25) is 0 Å². The van der Waals surface area contributed by atoms with E-state index in [0.29, 0.717) is 6.42 Å². The molecule has 2 aromatic rings. The largest absolute Gasteiger partial charge is 0.423 e. The summed E-state index contributed by atoms with van der Waals surface area (Å²) in [6.07, 6.45) is 4.15. The Balaban J connectivity index is 2.01. The molecule has 7 nitrogen and oxygen atoms in total. The van der Waals surface area contributed by atoms with E-state index in [-0.39, 0.29) is 28.7 Å². The number of rotatable bonds is 9. The predicted molar refractivity (Wildman–Crippen MR) is 98.9 cm³/mol. The molecule has 0 aliphatic heterocycles. The second-order valence-electron chi connectivity index (χ2n) is 5.92. The van der Waals surface area contributed by atoms with E-state index >= 15 is 0 Å². The zero-order valence-corrected chi connectivity index (χ0v) is 15.1. The number of non-ortho nitro benzene ring substituents is 1. The first kappa shape index (κ1) is 20.1. The van der Waals surface area contributed by atoms with Crippen LogP contribution < -0.4 is 9.47 Å². The van der Waals surface area contributed by atoms with Crippen molar-refractivity contribution in [3.05, 3.63) is 64.2 Å². The molecular weight excluding hydrogens is 350 g/mol. The van der Waals surface area contributed by atoms with Gasteiger partial charge in [-0.2, -0.15) is 0 Å². The van der Waals surface area contributed by atoms with Gasteiger partial charge in [0, 0.05) is 18.6 Å². The molecular formula is C20H21NO6. The van der Waals surface area contributed by atoms with Crippen LogP contribution in [0.5, 0.6) is 11.5 Å². The SMILES string of the molecule is CCCCCCC(=O)Oc1ccccc1OC(=O)c1ccc([N+](=O)[O-])cc1. The maximum absolute atomic E-state index is 12.2. The molecule has 0 amide bonds. The number of benzene rings is 2. The van der Waals surface area contributed by atoms with Gasteiger partial charge in [0.25, 0.3) is 5.69 Å². The number of nitro benzene ring substituents is 1. The van der Waals surface area contributed by atoms with Gasteiger partial charge in [-0.15, -0.1) is 0 Å². The number of nitro groups is 1. The third-order valence-corrected chi connectivity index (χ3v) is 3.82. The Morgan fingerprint density at radius 3 is 2.15 bits per heavy atom. The highest BCUT2D eigenvalue weighted by Gasteiger charge is 2.15. The van der Waals surface area contributed by atoms with Gasteiger partial charge in [0.1, 0.15) is 0 Å². The van der Waals surface area contributed by atoms with Gasteiger partial charge in [0.2, 0.25) is 0 Å². The molecule has 0 atom stereocenters.